The lowest BCUT2D eigenvalue weighted by Gasteiger charge is -2.10. The molecule has 3 nitrogen and oxygen atoms in total. The van der Waals surface area contributed by atoms with Gasteiger partial charge in [0.15, 0.2) is 0 Å². The van der Waals surface area contributed by atoms with Crippen molar-refractivity contribution in [3.8, 4) is 0 Å². The zero-order chi connectivity index (χ0) is 12.4. The molecule has 0 saturated heterocycles. The van der Waals surface area contributed by atoms with Crippen LogP contribution in [0.2, 0.25) is 0 Å². The van der Waals surface area contributed by atoms with Crippen LogP contribution in [0.1, 0.15) is 21.4 Å². The maximum absolute atomic E-state index is 4.27. The molecule has 1 aliphatic heterocycles. The molecule has 18 heavy (non-hydrogen) atoms. The van der Waals surface area contributed by atoms with Crippen molar-refractivity contribution in [1.29, 1.82) is 0 Å². The van der Waals surface area contributed by atoms with Crippen LogP contribution in [0.5, 0.6) is 0 Å². The fraction of sp³-hybridized carbons (Fsp3) is 0.357. The van der Waals surface area contributed by atoms with Gasteiger partial charge >= 0.3 is 0 Å². The molecular formula is C14H17N3S. The van der Waals surface area contributed by atoms with Crippen LogP contribution >= 0.6 is 11.3 Å². The SMILES string of the molecule is Cc1ncc(CNCC2CNc3ccccc32)s1. The Balaban J connectivity index is 1.56. The molecule has 94 valence electrons. The van der Waals surface area contributed by atoms with Crippen LogP contribution in [0, 0.1) is 6.92 Å². The van der Waals surface area contributed by atoms with Gasteiger partial charge in [0.1, 0.15) is 0 Å². The first-order valence-electron chi connectivity index (χ1n) is 6.28. The standard InChI is InChI=1S/C14H17N3S/c1-10-16-9-12(18-10)8-15-6-11-7-17-14-5-3-2-4-13(11)14/h2-5,9,11,15,17H,6-8H2,1H3. The fourth-order valence-electron chi connectivity index (χ4n) is 2.40. The Hall–Kier alpha value is -1.39. The Labute approximate surface area is 111 Å². The van der Waals surface area contributed by atoms with Crippen LogP contribution in [0.15, 0.2) is 30.5 Å². The number of hydrogen-bond donors (Lipinski definition) is 2. The molecule has 0 bridgehead atoms. The normalized spacial score (nSPS) is 17.5. The summed E-state index contributed by atoms with van der Waals surface area (Å²) in [5, 5.41) is 8.12. The van der Waals surface area contributed by atoms with E-state index in [4.69, 9.17) is 0 Å². The first-order valence-corrected chi connectivity index (χ1v) is 7.09. The second kappa shape index (κ2) is 5.08. The highest BCUT2D eigenvalue weighted by molar-refractivity contribution is 7.11. The van der Waals surface area contributed by atoms with Gasteiger partial charge in [-0.1, -0.05) is 18.2 Å². The van der Waals surface area contributed by atoms with Crippen molar-refractivity contribution in [3.63, 3.8) is 0 Å². The third-order valence-electron chi connectivity index (χ3n) is 3.30. The molecule has 4 heteroatoms. The summed E-state index contributed by atoms with van der Waals surface area (Å²) in [6, 6.07) is 8.58. The topological polar surface area (TPSA) is 37.0 Å². The Morgan fingerprint density at radius 1 is 1.44 bits per heavy atom. The van der Waals surface area contributed by atoms with Crippen LogP contribution in [-0.4, -0.2) is 18.1 Å². The molecular weight excluding hydrogens is 242 g/mol. The van der Waals surface area contributed by atoms with Crippen LogP contribution in [0.25, 0.3) is 0 Å². The van der Waals surface area contributed by atoms with E-state index in [1.54, 1.807) is 11.3 Å². The number of fused-ring (bicyclic) bond motifs is 1. The molecule has 0 aliphatic carbocycles. The van der Waals surface area contributed by atoms with Gasteiger partial charge in [-0.3, -0.25) is 0 Å². The second-order valence-corrected chi connectivity index (χ2v) is 5.96. The summed E-state index contributed by atoms with van der Waals surface area (Å²) in [7, 11) is 0. The quantitative estimate of drug-likeness (QED) is 0.886. The molecule has 1 aromatic carbocycles. The van der Waals surface area contributed by atoms with Crippen molar-refractivity contribution >= 4 is 17.0 Å². The maximum Gasteiger partial charge on any atom is 0.0897 e. The average Bonchev–Trinajstić information content (AvgIpc) is 2.97. The van der Waals surface area contributed by atoms with E-state index in [1.807, 2.05) is 13.1 Å². The summed E-state index contributed by atoms with van der Waals surface area (Å²) in [5.41, 5.74) is 2.73. The van der Waals surface area contributed by atoms with Gasteiger partial charge in [-0.05, 0) is 18.6 Å². The molecule has 2 heterocycles. The smallest absolute Gasteiger partial charge is 0.0897 e. The molecule has 1 unspecified atom stereocenters. The molecule has 1 aliphatic rings. The maximum atomic E-state index is 4.27. The predicted molar refractivity (Wildman–Crippen MR) is 76.2 cm³/mol. The van der Waals surface area contributed by atoms with Crippen LogP contribution < -0.4 is 10.6 Å². The van der Waals surface area contributed by atoms with E-state index < -0.39 is 0 Å². The van der Waals surface area contributed by atoms with Crippen LogP contribution in [-0.2, 0) is 6.54 Å². The number of aryl methyl sites for hydroxylation is 1. The van der Waals surface area contributed by atoms with E-state index in [-0.39, 0.29) is 0 Å². The molecule has 0 radical (unpaired) electrons. The molecule has 3 rings (SSSR count). The lowest BCUT2D eigenvalue weighted by molar-refractivity contribution is 0.616. The minimum Gasteiger partial charge on any atom is -0.384 e. The van der Waals surface area contributed by atoms with Gasteiger partial charge in [-0.2, -0.15) is 0 Å². The Morgan fingerprint density at radius 3 is 3.17 bits per heavy atom. The molecule has 0 fully saturated rings. The van der Waals surface area contributed by atoms with E-state index in [0.29, 0.717) is 5.92 Å². The number of nitrogens with zero attached hydrogens (tertiary/aromatic N) is 1. The van der Waals surface area contributed by atoms with Crippen LogP contribution in [0.4, 0.5) is 5.69 Å². The van der Waals surface area contributed by atoms with Crippen molar-refractivity contribution < 1.29 is 0 Å². The van der Waals surface area contributed by atoms with E-state index in [1.165, 1.54) is 16.1 Å². The predicted octanol–water partition coefficient (Wildman–Crippen LogP) is 2.75. The minimum atomic E-state index is 0.579. The molecule has 0 saturated carbocycles. The minimum absolute atomic E-state index is 0.579. The number of para-hydroxylation sites is 1. The molecule has 2 N–H and O–H groups in total. The zero-order valence-corrected chi connectivity index (χ0v) is 11.3. The van der Waals surface area contributed by atoms with Gasteiger partial charge in [0.2, 0.25) is 0 Å². The van der Waals surface area contributed by atoms with E-state index in [0.717, 1.165) is 24.6 Å². The molecule has 2 aromatic rings. The number of hydrogen-bond acceptors (Lipinski definition) is 4. The summed E-state index contributed by atoms with van der Waals surface area (Å²) in [5.74, 6) is 0.579. The summed E-state index contributed by atoms with van der Waals surface area (Å²) < 4.78 is 0. The van der Waals surface area contributed by atoms with Gasteiger partial charge in [0.25, 0.3) is 0 Å². The summed E-state index contributed by atoms with van der Waals surface area (Å²) in [6.07, 6.45) is 1.97. The number of aromatic nitrogens is 1. The first kappa shape index (κ1) is 11.7. The Morgan fingerprint density at radius 2 is 2.33 bits per heavy atom. The number of anilines is 1. The van der Waals surface area contributed by atoms with Gasteiger partial charge in [-0.15, -0.1) is 11.3 Å². The fourth-order valence-corrected chi connectivity index (χ4v) is 3.16. The van der Waals surface area contributed by atoms with Crippen molar-refractivity contribution in [2.45, 2.75) is 19.4 Å². The van der Waals surface area contributed by atoms with E-state index >= 15 is 0 Å². The lowest BCUT2D eigenvalue weighted by atomic mass is 10.0. The van der Waals surface area contributed by atoms with E-state index in [9.17, 15) is 0 Å². The highest BCUT2D eigenvalue weighted by Crippen LogP contribution is 2.30. The summed E-state index contributed by atoms with van der Waals surface area (Å²) in [6.45, 7) is 5.02. The van der Waals surface area contributed by atoms with Gasteiger partial charge < -0.3 is 10.6 Å². The molecule has 1 aromatic heterocycles. The zero-order valence-electron chi connectivity index (χ0n) is 10.4. The average molecular weight is 259 g/mol. The number of rotatable bonds is 4. The highest BCUT2D eigenvalue weighted by Gasteiger charge is 2.20. The van der Waals surface area contributed by atoms with Crippen molar-refractivity contribution in [2.24, 2.45) is 0 Å². The monoisotopic (exact) mass is 259 g/mol. The van der Waals surface area contributed by atoms with Crippen LogP contribution in [0.3, 0.4) is 0 Å². The number of thiazole rings is 1. The highest BCUT2D eigenvalue weighted by atomic mass is 32.1. The van der Waals surface area contributed by atoms with Crippen molar-refractivity contribution in [2.75, 3.05) is 18.4 Å². The molecule has 1 atom stereocenters. The van der Waals surface area contributed by atoms with Gasteiger partial charge in [-0.25, -0.2) is 4.98 Å². The molecule has 0 amide bonds. The third kappa shape index (κ3) is 2.40. The second-order valence-electron chi connectivity index (χ2n) is 4.64. The van der Waals surface area contributed by atoms with Crippen molar-refractivity contribution in [3.05, 3.63) is 45.9 Å². The first-order chi connectivity index (χ1) is 8.83. The van der Waals surface area contributed by atoms with Crippen molar-refractivity contribution in [1.82, 2.24) is 10.3 Å². The summed E-state index contributed by atoms with van der Waals surface area (Å²) in [4.78, 5) is 5.58. The summed E-state index contributed by atoms with van der Waals surface area (Å²) >= 11 is 1.77. The lowest BCUT2D eigenvalue weighted by Crippen LogP contribution is -2.21. The van der Waals surface area contributed by atoms with Gasteiger partial charge in [0.05, 0.1) is 5.01 Å². The largest absolute Gasteiger partial charge is 0.384 e. The third-order valence-corrected chi connectivity index (χ3v) is 4.21. The Kier molecular flexibility index (Phi) is 3.30. The van der Waals surface area contributed by atoms with E-state index in [2.05, 4.69) is 39.9 Å². The van der Waals surface area contributed by atoms with Gasteiger partial charge in [0, 0.05) is 42.3 Å². The number of benzene rings is 1. The molecule has 0 spiro atoms. The number of nitrogens with one attached hydrogen (secondary N) is 2. The Bertz CT molecular complexity index is 535.